The quantitative estimate of drug-likeness (QED) is 0.828. The fourth-order valence-electron chi connectivity index (χ4n) is 1.61. The number of hydrogen-bond acceptors (Lipinski definition) is 2. The first-order chi connectivity index (χ1) is 8.08. The molecule has 0 spiro atoms. The molecule has 1 aromatic rings. The van der Waals surface area contributed by atoms with E-state index in [0.717, 1.165) is 12.3 Å². The Morgan fingerprint density at radius 3 is 2.47 bits per heavy atom. The number of carbonyl (C=O) groups excluding carboxylic acids is 1. The average Bonchev–Trinajstić information content (AvgIpc) is 3.09. The molecule has 3 nitrogen and oxygen atoms in total. The molecule has 2 rings (SSSR count). The van der Waals surface area contributed by atoms with Crippen LogP contribution in [0.2, 0.25) is 10.0 Å². The second-order valence-corrected chi connectivity index (χ2v) is 5.16. The Kier molecular flexibility index (Phi) is 3.79. The molecule has 1 aliphatic rings. The number of nitrogen functional groups attached to an aromatic ring is 1. The summed E-state index contributed by atoms with van der Waals surface area (Å²) in [6.45, 7) is 0.698. The van der Waals surface area contributed by atoms with Crippen LogP contribution < -0.4 is 11.1 Å². The maximum atomic E-state index is 11.8. The minimum absolute atomic E-state index is 0.158. The predicted molar refractivity (Wildman–Crippen MR) is 70.5 cm³/mol. The molecule has 5 heteroatoms. The molecule has 1 aromatic carbocycles. The van der Waals surface area contributed by atoms with Crippen LogP contribution in [0, 0.1) is 5.92 Å². The van der Waals surface area contributed by atoms with Crippen molar-refractivity contribution in [2.45, 2.75) is 19.3 Å². The first-order valence-corrected chi connectivity index (χ1v) is 6.36. The summed E-state index contributed by atoms with van der Waals surface area (Å²) in [5.41, 5.74) is 6.36. The molecule has 17 heavy (non-hydrogen) atoms. The van der Waals surface area contributed by atoms with E-state index in [0.29, 0.717) is 27.8 Å². The van der Waals surface area contributed by atoms with Crippen molar-refractivity contribution in [2.75, 3.05) is 12.3 Å². The van der Waals surface area contributed by atoms with Crippen LogP contribution in [0.4, 0.5) is 5.69 Å². The predicted octanol–water partition coefficient (Wildman–Crippen LogP) is 3.11. The molecule has 1 aliphatic carbocycles. The molecule has 3 N–H and O–H groups in total. The number of amides is 1. The maximum absolute atomic E-state index is 11.8. The maximum Gasteiger partial charge on any atom is 0.251 e. The molecule has 0 unspecified atom stereocenters. The Labute approximate surface area is 110 Å². The van der Waals surface area contributed by atoms with E-state index in [1.165, 1.54) is 25.0 Å². The zero-order valence-electron chi connectivity index (χ0n) is 9.30. The largest absolute Gasteiger partial charge is 0.396 e. The SMILES string of the molecule is Nc1c(Cl)cc(C(=O)NCCC2CC2)cc1Cl. The van der Waals surface area contributed by atoms with Gasteiger partial charge < -0.3 is 11.1 Å². The zero-order chi connectivity index (χ0) is 12.4. The number of halogens is 2. The summed E-state index contributed by atoms with van der Waals surface area (Å²) in [5, 5.41) is 3.47. The highest BCUT2D eigenvalue weighted by atomic mass is 35.5. The third-order valence-electron chi connectivity index (χ3n) is 2.88. The van der Waals surface area contributed by atoms with Crippen LogP contribution >= 0.6 is 23.2 Å². The van der Waals surface area contributed by atoms with Gasteiger partial charge in [0.15, 0.2) is 0 Å². The highest BCUT2D eigenvalue weighted by molar-refractivity contribution is 6.39. The van der Waals surface area contributed by atoms with Crippen molar-refractivity contribution in [1.82, 2.24) is 5.32 Å². The highest BCUT2D eigenvalue weighted by Gasteiger charge is 2.20. The molecule has 1 saturated carbocycles. The lowest BCUT2D eigenvalue weighted by Crippen LogP contribution is -2.24. The summed E-state index contributed by atoms with van der Waals surface area (Å²) in [6, 6.07) is 3.07. The van der Waals surface area contributed by atoms with Gasteiger partial charge in [0.25, 0.3) is 5.91 Å². The van der Waals surface area contributed by atoms with Crippen LogP contribution in [-0.4, -0.2) is 12.5 Å². The summed E-state index contributed by atoms with van der Waals surface area (Å²) in [6.07, 6.45) is 3.62. The molecule has 0 aliphatic heterocycles. The molecule has 0 atom stereocenters. The van der Waals surface area contributed by atoms with E-state index in [2.05, 4.69) is 5.32 Å². The number of rotatable bonds is 4. The molecule has 92 valence electrons. The van der Waals surface area contributed by atoms with E-state index in [1.807, 2.05) is 0 Å². The first kappa shape index (κ1) is 12.5. The second kappa shape index (κ2) is 5.15. The third kappa shape index (κ3) is 3.27. The summed E-state index contributed by atoms with van der Waals surface area (Å²) in [4.78, 5) is 11.8. The van der Waals surface area contributed by atoms with Gasteiger partial charge in [-0.05, 0) is 24.5 Å². The Balaban J connectivity index is 1.97. The fourth-order valence-corrected chi connectivity index (χ4v) is 2.10. The standard InChI is InChI=1S/C12H14Cl2N2O/c13-9-5-8(6-10(14)11(9)15)12(17)16-4-3-7-1-2-7/h5-7H,1-4,15H2,(H,16,17). The van der Waals surface area contributed by atoms with Crippen molar-refractivity contribution in [2.24, 2.45) is 5.92 Å². The topological polar surface area (TPSA) is 55.1 Å². The molecular weight excluding hydrogens is 259 g/mol. The van der Waals surface area contributed by atoms with Crippen molar-refractivity contribution in [3.63, 3.8) is 0 Å². The number of carbonyl (C=O) groups is 1. The van der Waals surface area contributed by atoms with Gasteiger partial charge in [-0.2, -0.15) is 0 Å². The number of hydrogen-bond donors (Lipinski definition) is 2. The van der Waals surface area contributed by atoms with E-state index in [9.17, 15) is 4.79 Å². The van der Waals surface area contributed by atoms with Gasteiger partial charge in [-0.1, -0.05) is 36.0 Å². The molecule has 0 aromatic heterocycles. The second-order valence-electron chi connectivity index (χ2n) is 4.34. The Morgan fingerprint density at radius 1 is 1.35 bits per heavy atom. The average molecular weight is 273 g/mol. The van der Waals surface area contributed by atoms with E-state index < -0.39 is 0 Å². The lowest BCUT2D eigenvalue weighted by Gasteiger charge is -2.07. The van der Waals surface area contributed by atoms with Crippen LogP contribution in [0.25, 0.3) is 0 Å². The van der Waals surface area contributed by atoms with Gasteiger partial charge in [0, 0.05) is 12.1 Å². The minimum atomic E-state index is -0.158. The van der Waals surface area contributed by atoms with Crippen LogP contribution in [0.5, 0.6) is 0 Å². The molecule has 1 amide bonds. The van der Waals surface area contributed by atoms with Gasteiger partial charge in [0.05, 0.1) is 15.7 Å². The van der Waals surface area contributed by atoms with Crippen LogP contribution in [0.1, 0.15) is 29.6 Å². The molecular formula is C12H14Cl2N2O. The summed E-state index contributed by atoms with van der Waals surface area (Å²) >= 11 is 11.7. The smallest absolute Gasteiger partial charge is 0.251 e. The number of nitrogens with one attached hydrogen (secondary N) is 1. The van der Waals surface area contributed by atoms with Gasteiger partial charge in [-0.3, -0.25) is 4.79 Å². The monoisotopic (exact) mass is 272 g/mol. The molecule has 0 heterocycles. The summed E-state index contributed by atoms with van der Waals surface area (Å²) in [7, 11) is 0. The molecule has 0 saturated heterocycles. The molecule has 0 radical (unpaired) electrons. The Hall–Kier alpha value is -0.930. The normalized spacial score (nSPS) is 14.7. The Bertz CT molecular complexity index is 421. The minimum Gasteiger partial charge on any atom is -0.396 e. The van der Waals surface area contributed by atoms with Gasteiger partial charge in [0.1, 0.15) is 0 Å². The summed E-state index contributed by atoms with van der Waals surface area (Å²) < 4.78 is 0. The number of nitrogens with two attached hydrogens (primary N) is 1. The number of benzene rings is 1. The lowest BCUT2D eigenvalue weighted by atomic mass is 10.2. The lowest BCUT2D eigenvalue weighted by molar-refractivity contribution is 0.0952. The van der Waals surface area contributed by atoms with Gasteiger partial charge in [0.2, 0.25) is 0 Å². The third-order valence-corrected chi connectivity index (χ3v) is 3.50. The van der Waals surface area contributed by atoms with Crippen molar-refractivity contribution in [3.8, 4) is 0 Å². The molecule has 1 fully saturated rings. The first-order valence-electron chi connectivity index (χ1n) is 5.60. The van der Waals surface area contributed by atoms with E-state index in [4.69, 9.17) is 28.9 Å². The Morgan fingerprint density at radius 2 is 1.94 bits per heavy atom. The fraction of sp³-hybridized carbons (Fsp3) is 0.417. The van der Waals surface area contributed by atoms with Gasteiger partial charge in [-0.15, -0.1) is 0 Å². The van der Waals surface area contributed by atoms with Crippen LogP contribution in [0.3, 0.4) is 0 Å². The van der Waals surface area contributed by atoms with Crippen molar-refractivity contribution in [1.29, 1.82) is 0 Å². The zero-order valence-corrected chi connectivity index (χ0v) is 10.8. The van der Waals surface area contributed by atoms with Crippen LogP contribution in [0.15, 0.2) is 12.1 Å². The van der Waals surface area contributed by atoms with Gasteiger partial charge in [-0.25, -0.2) is 0 Å². The van der Waals surface area contributed by atoms with Gasteiger partial charge >= 0.3 is 0 Å². The van der Waals surface area contributed by atoms with E-state index >= 15 is 0 Å². The van der Waals surface area contributed by atoms with Crippen LogP contribution in [-0.2, 0) is 0 Å². The number of anilines is 1. The van der Waals surface area contributed by atoms with E-state index in [1.54, 1.807) is 0 Å². The van der Waals surface area contributed by atoms with Crippen molar-refractivity contribution >= 4 is 34.8 Å². The highest BCUT2D eigenvalue weighted by Crippen LogP contribution is 2.32. The van der Waals surface area contributed by atoms with Crippen molar-refractivity contribution in [3.05, 3.63) is 27.7 Å². The summed E-state index contributed by atoms with van der Waals surface area (Å²) in [5.74, 6) is 0.642. The molecule has 0 bridgehead atoms. The van der Waals surface area contributed by atoms with Crippen molar-refractivity contribution < 1.29 is 4.79 Å². The van der Waals surface area contributed by atoms with E-state index in [-0.39, 0.29) is 5.91 Å².